The fraction of sp³-hybridized carbons (Fsp3) is 0.0769. The molecule has 19 heavy (non-hydrogen) atoms. The van der Waals surface area contributed by atoms with Crippen molar-refractivity contribution in [3.05, 3.63) is 60.7 Å². The molecule has 0 fully saturated rings. The fourth-order valence-electron chi connectivity index (χ4n) is 2.29. The Labute approximate surface area is 123 Å². The van der Waals surface area contributed by atoms with Crippen LogP contribution < -0.4 is 10.4 Å². The maximum absolute atomic E-state index is 6.25. The molecule has 100 valence electrons. The molecule has 0 atom stereocenters. The van der Waals surface area contributed by atoms with Gasteiger partial charge in [-0.1, -0.05) is 67.2 Å². The van der Waals surface area contributed by atoms with Crippen LogP contribution >= 0.6 is 0 Å². The SMILES string of the molecule is C[SiH2]O[SiH2][Si](O[SiH3])(c1ccccc1)c1ccccc1. The third-order valence-corrected chi connectivity index (χ3v) is 19.6. The van der Waals surface area contributed by atoms with Crippen molar-refractivity contribution in [2.75, 3.05) is 0 Å². The summed E-state index contributed by atoms with van der Waals surface area (Å²) in [5.74, 6) is 0. The molecular formula is C13H20O2Si4. The quantitative estimate of drug-likeness (QED) is 0.621. The van der Waals surface area contributed by atoms with Crippen molar-refractivity contribution in [3.63, 3.8) is 0 Å². The Morgan fingerprint density at radius 2 is 1.37 bits per heavy atom. The van der Waals surface area contributed by atoms with Gasteiger partial charge >= 0.3 is 0 Å². The molecule has 2 rings (SSSR count). The summed E-state index contributed by atoms with van der Waals surface area (Å²) in [6.07, 6.45) is 0. The molecule has 0 N–H and O–H groups in total. The highest BCUT2D eigenvalue weighted by Crippen LogP contribution is 2.05. The first-order chi connectivity index (χ1) is 9.33. The average Bonchev–Trinajstić information content (AvgIpc) is 2.51. The van der Waals surface area contributed by atoms with Gasteiger partial charge in [0.1, 0.15) is 20.2 Å². The van der Waals surface area contributed by atoms with Crippen molar-refractivity contribution in [2.24, 2.45) is 0 Å². The predicted octanol–water partition coefficient (Wildman–Crippen LogP) is -1.23. The molecule has 2 aromatic rings. The van der Waals surface area contributed by atoms with Crippen LogP contribution in [0.15, 0.2) is 60.7 Å². The summed E-state index contributed by atoms with van der Waals surface area (Å²) in [6.45, 7) is 2.20. The minimum atomic E-state index is -2.03. The Balaban J connectivity index is 2.48. The van der Waals surface area contributed by atoms with E-state index in [-0.39, 0.29) is 9.76 Å². The van der Waals surface area contributed by atoms with E-state index in [2.05, 4.69) is 67.2 Å². The molecule has 0 saturated carbocycles. The first-order valence-corrected chi connectivity index (χ1v) is 14.2. The molecule has 0 bridgehead atoms. The Hall–Kier alpha value is -0.772. The average molecular weight is 321 g/mol. The third-order valence-electron chi connectivity index (χ3n) is 3.34. The summed E-state index contributed by atoms with van der Waals surface area (Å²) in [5.41, 5.74) is 0. The topological polar surface area (TPSA) is 18.5 Å². The summed E-state index contributed by atoms with van der Waals surface area (Å²) in [5, 5.41) is 2.73. The van der Waals surface area contributed by atoms with Gasteiger partial charge in [0, 0.05) is 0 Å². The highest BCUT2D eigenvalue weighted by atomic mass is 29.2. The molecule has 0 spiro atoms. The minimum Gasteiger partial charge on any atom is -0.465 e. The van der Waals surface area contributed by atoms with Crippen LogP contribution in [0.1, 0.15) is 0 Å². The number of hydrogen-bond donors (Lipinski definition) is 0. The monoisotopic (exact) mass is 320 g/mol. The van der Waals surface area contributed by atoms with Crippen LogP contribution in [0, 0.1) is 0 Å². The Morgan fingerprint density at radius 1 is 0.895 bits per heavy atom. The van der Waals surface area contributed by atoms with Crippen molar-refractivity contribution < 1.29 is 8.23 Å². The summed E-state index contributed by atoms with van der Waals surface area (Å²) in [6, 6.07) is 21.4. The van der Waals surface area contributed by atoms with Crippen molar-refractivity contribution in [2.45, 2.75) is 6.55 Å². The van der Waals surface area contributed by atoms with E-state index in [1.54, 1.807) is 0 Å². The molecule has 2 nitrogen and oxygen atoms in total. The number of hydrogen-bond acceptors (Lipinski definition) is 2. The molecule has 0 aliphatic rings. The first-order valence-electron chi connectivity index (χ1n) is 6.57. The zero-order chi connectivity index (χ0) is 13.6. The molecule has 2 aromatic carbocycles. The summed E-state index contributed by atoms with van der Waals surface area (Å²) in [4.78, 5) is 0. The van der Waals surface area contributed by atoms with Crippen LogP contribution in [-0.4, -0.2) is 37.4 Å². The number of benzene rings is 2. The van der Waals surface area contributed by atoms with Crippen molar-refractivity contribution >= 4 is 47.7 Å². The highest BCUT2D eigenvalue weighted by Gasteiger charge is 2.38. The maximum atomic E-state index is 6.25. The summed E-state index contributed by atoms with van der Waals surface area (Å²) >= 11 is 0. The van der Waals surface area contributed by atoms with Crippen LogP contribution in [0.2, 0.25) is 6.55 Å². The molecule has 0 unspecified atom stereocenters. The van der Waals surface area contributed by atoms with Crippen molar-refractivity contribution in [3.8, 4) is 0 Å². The highest BCUT2D eigenvalue weighted by molar-refractivity contribution is 7.33. The van der Waals surface area contributed by atoms with Gasteiger partial charge in [-0.15, -0.1) is 0 Å². The third kappa shape index (κ3) is 3.22. The Bertz CT molecular complexity index is 453. The van der Waals surface area contributed by atoms with Crippen LogP contribution in [0.5, 0.6) is 0 Å². The van der Waals surface area contributed by atoms with E-state index in [9.17, 15) is 0 Å². The van der Waals surface area contributed by atoms with Crippen LogP contribution in [0.3, 0.4) is 0 Å². The number of rotatable bonds is 6. The standard InChI is InChI=1S/C13H20O2Si4/c1-17-15-18-19(14-16,12-8-4-2-5-9-12)13-10-6-3-7-11-13/h2-11H,17-18H2,1,16H3. The zero-order valence-corrected chi connectivity index (χ0v) is 17.3. The van der Waals surface area contributed by atoms with Gasteiger partial charge in [-0.3, -0.25) is 0 Å². The van der Waals surface area contributed by atoms with Gasteiger partial charge in [0.15, 0.2) is 9.28 Å². The van der Waals surface area contributed by atoms with Gasteiger partial charge < -0.3 is 8.23 Å². The van der Waals surface area contributed by atoms with Gasteiger partial charge in [-0.05, 0) is 10.4 Å². The van der Waals surface area contributed by atoms with E-state index >= 15 is 0 Å². The Kier molecular flexibility index (Phi) is 5.49. The minimum absolute atomic E-state index is 0.353. The van der Waals surface area contributed by atoms with Gasteiger partial charge in [0.25, 0.3) is 7.83 Å². The molecule has 0 aromatic heterocycles. The lowest BCUT2D eigenvalue weighted by Crippen LogP contribution is -2.66. The van der Waals surface area contributed by atoms with E-state index < -0.39 is 17.1 Å². The van der Waals surface area contributed by atoms with E-state index in [0.717, 1.165) is 10.5 Å². The second kappa shape index (κ2) is 7.13. The molecule has 0 aliphatic carbocycles. The molecule has 0 saturated heterocycles. The summed E-state index contributed by atoms with van der Waals surface area (Å²) < 4.78 is 12.3. The summed E-state index contributed by atoms with van der Waals surface area (Å²) in [7, 11) is -2.28. The Morgan fingerprint density at radius 3 is 1.74 bits per heavy atom. The van der Waals surface area contributed by atoms with Gasteiger partial charge in [-0.25, -0.2) is 0 Å². The van der Waals surface area contributed by atoms with Gasteiger partial charge in [0.05, 0.1) is 0 Å². The largest absolute Gasteiger partial charge is 0.465 e. The molecule has 6 heteroatoms. The lowest BCUT2D eigenvalue weighted by molar-refractivity contribution is 0.615. The second-order valence-electron chi connectivity index (χ2n) is 4.40. The van der Waals surface area contributed by atoms with Crippen molar-refractivity contribution in [1.29, 1.82) is 0 Å². The molecule has 0 amide bonds. The molecular weight excluding hydrogens is 300 g/mol. The maximum Gasteiger partial charge on any atom is 0.252 e. The van der Waals surface area contributed by atoms with Gasteiger partial charge in [0.2, 0.25) is 0 Å². The van der Waals surface area contributed by atoms with Gasteiger partial charge in [-0.2, -0.15) is 0 Å². The molecule has 0 heterocycles. The van der Waals surface area contributed by atoms with Crippen LogP contribution in [-0.2, 0) is 8.23 Å². The molecule has 0 aliphatic heterocycles. The predicted molar refractivity (Wildman–Crippen MR) is 93.0 cm³/mol. The van der Waals surface area contributed by atoms with Crippen molar-refractivity contribution in [1.82, 2.24) is 0 Å². The second-order valence-corrected chi connectivity index (χ2v) is 15.2. The van der Waals surface area contributed by atoms with E-state index in [0.29, 0.717) is 0 Å². The normalized spacial score (nSPS) is 12.9. The van der Waals surface area contributed by atoms with Crippen LogP contribution in [0.4, 0.5) is 0 Å². The van der Waals surface area contributed by atoms with E-state index in [1.165, 1.54) is 10.4 Å². The van der Waals surface area contributed by atoms with E-state index in [4.69, 9.17) is 8.23 Å². The molecule has 0 radical (unpaired) electrons. The lowest BCUT2D eigenvalue weighted by atomic mass is 10.4. The first kappa shape index (κ1) is 14.6. The zero-order valence-electron chi connectivity index (χ0n) is 11.5. The van der Waals surface area contributed by atoms with Crippen LogP contribution in [0.25, 0.3) is 0 Å². The fourth-order valence-corrected chi connectivity index (χ4v) is 16.6. The van der Waals surface area contributed by atoms with E-state index in [1.807, 2.05) is 0 Å². The lowest BCUT2D eigenvalue weighted by Gasteiger charge is -2.31. The smallest absolute Gasteiger partial charge is 0.252 e.